The fourth-order valence-corrected chi connectivity index (χ4v) is 0. The monoisotopic (exact) mass is 326 g/mol. The predicted molar refractivity (Wildman–Crippen MR) is 20.2 cm³/mol. The summed E-state index contributed by atoms with van der Waals surface area (Å²) in [6.45, 7) is 0. The molecule has 11 heteroatoms. The Labute approximate surface area is 103 Å². The van der Waals surface area contributed by atoms with Crippen molar-refractivity contribution in [2.24, 2.45) is 0 Å². The summed E-state index contributed by atoms with van der Waals surface area (Å²) >= 11 is -10.5. The summed E-state index contributed by atoms with van der Waals surface area (Å²) in [5.74, 6) is 0. The van der Waals surface area contributed by atoms with Gasteiger partial charge in [-0.15, -0.1) is 0 Å². The Hall–Kier alpha value is 1.59. The van der Waals surface area contributed by atoms with Crippen LogP contribution >= 0.6 is 0 Å². The summed E-state index contributed by atoms with van der Waals surface area (Å²) in [5, 5.41) is 0. The van der Waals surface area contributed by atoms with E-state index in [0.717, 1.165) is 0 Å². The van der Waals surface area contributed by atoms with Crippen LogP contribution in [0.25, 0.3) is 0 Å². The molecule has 68 valence electrons. The first-order valence-corrected chi connectivity index (χ1v) is 5.76. The van der Waals surface area contributed by atoms with Crippen LogP contribution in [0, 0.1) is 0 Å². The van der Waals surface area contributed by atoms with Crippen LogP contribution in [0.3, 0.4) is 0 Å². The first kappa shape index (κ1) is 18.4. The van der Waals surface area contributed by atoms with E-state index in [1.165, 1.54) is 0 Å². The standard InChI is InChI=1S/2Cr.4H2O.4O.Sr.2H/h;;4*1H2;;;;;;;/q2*+2;;;;;;;;;;;/p-4. The van der Waals surface area contributed by atoms with E-state index < -0.39 is 27.2 Å². The van der Waals surface area contributed by atoms with Crippen molar-refractivity contribution in [3.63, 3.8) is 0 Å². The van der Waals surface area contributed by atoms with Gasteiger partial charge in [0.15, 0.2) is 0 Å². The second-order valence-electron chi connectivity index (χ2n) is 0.896. The van der Waals surface area contributed by atoms with E-state index in [0.29, 0.717) is 0 Å². The third-order valence-corrected chi connectivity index (χ3v) is 0. The average Bonchev–Trinajstić information content (AvgIpc) is 1.12. The van der Waals surface area contributed by atoms with Crippen molar-refractivity contribution >= 4 is 45.5 Å². The van der Waals surface area contributed by atoms with Crippen LogP contribution in [-0.4, -0.2) is 62.1 Å². The fraction of sp³-hybridized carbons (Fsp3) is 0. The molecule has 11 heavy (non-hydrogen) atoms. The molecule has 0 radical (unpaired) electrons. The van der Waals surface area contributed by atoms with Crippen LogP contribution in [0.2, 0.25) is 0 Å². The quantitative estimate of drug-likeness (QED) is 0.333. The summed E-state index contributed by atoms with van der Waals surface area (Å²) < 4.78 is 63.8. The molecule has 0 aliphatic rings. The summed E-state index contributed by atoms with van der Waals surface area (Å²) in [7, 11) is 0. The van der Waals surface area contributed by atoms with E-state index in [2.05, 4.69) is 0 Å². The molecule has 0 aliphatic heterocycles. The SMILES string of the molecule is [O]=[Cr](=[O])([OH])[OH].[O]=[Cr](=[O])([OH])[OH].[SrH2]. The summed E-state index contributed by atoms with van der Waals surface area (Å²) in [4.78, 5) is 0. The van der Waals surface area contributed by atoms with Crippen LogP contribution in [-0.2, 0) is 42.4 Å². The maximum atomic E-state index is 8.82. The van der Waals surface area contributed by atoms with Crippen molar-refractivity contribution in [3.05, 3.63) is 0 Å². The summed E-state index contributed by atoms with van der Waals surface area (Å²) in [5.41, 5.74) is 0. The Morgan fingerprint density at radius 3 is 0.636 bits per heavy atom. The first-order valence-electron chi connectivity index (χ1n) is 1.40. The van der Waals surface area contributed by atoms with Gasteiger partial charge in [-0.1, -0.05) is 0 Å². The zero-order valence-electron chi connectivity index (χ0n) is 4.24. The van der Waals surface area contributed by atoms with Crippen LogP contribution in [0.1, 0.15) is 0 Å². The van der Waals surface area contributed by atoms with Gasteiger partial charge < -0.3 is 0 Å². The van der Waals surface area contributed by atoms with E-state index in [-0.39, 0.29) is 45.5 Å². The van der Waals surface area contributed by atoms with Crippen molar-refractivity contribution in [1.29, 1.82) is 0 Å². The van der Waals surface area contributed by atoms with E-state index in [4.69, 9.17) is 31.8 Å². The molecule has 0 saturated carbocycles. The third-order valence-electron chi connectivity index (χ3n) is 0. The third kappa shape index (κ3) is 423. The zero-order chi connectivity index (χ0) is 9.00. The van der Waals surface area contributed by atoms with Gasteiger partial charge in [0.2, 0.25) is 0 Å². The molecule has 0 heterocycles. The van der Waals surface area contributed by atoms with Crippen LogP contribution in [0.5, 0.6) is 0 Å². The van der Waals surface area contributed by atoms with E-state index >= 15 is 0 Å². The Morgan fingerprint density at radius 1 is 0.636 bits per heavy atom. The molecule has 0 spiro atoms. The second-order valence-corrected chi connectivity index (χ2v) is 3.69. The minimum absolute atomic E-state index is 0. The van der Waals surface area contributed by atoms with Gasteiger partial charge in [-0.25, -0.2) is 0 Å². The molecule has 0 unspecified atom stereocenters. The Kier molecular flexibility index (Phi) is 11.8. The molecule has 0 atom stereocenters. The molecule has 4 N–H and O–H groups in total. The Bertz CT molecular complexity index is 208. The number of hydrogen-bond donors (Lipinski definition) is 4. The first-order chi connectivity index (χ1) is 4.00. The molecule has 0 rings (SSSR count). The van der Waals surface area contributed by atoms with Crippen molar-refractivity contribution in [2.45, 2.75) is 0 Å². The predicted octanol–water partition coefficient (Wildman–Crippen LogP) is -3.62. The second kappa shape index (κ2) is 7.03. The van der Waals surface area contributed by atoms with Crippen LogP contribution in [0.15, 0.2) is 0 Å². The van der Waals surface area contributed by atoms with Gasteiger partial charge in [0.05, 0.1) is 0 Å². The molecule has 0 fully saturated rings. The number of rotatable bonds is 0. The topological polar surface area (TPSA) is 149 Å². The molecule has 0 aromatic carbocycles. The molecule has 0 aromatic rings. The molecular weight excluding hydrogens is 320 g/mol. The molecular formula is H6Cr2O8Sr. The van der Waals surface area contributed by atoms with Gasteiger partial charge in [-0.2, -0.15) is 0 Å². The van der Waals surface area contributed by atoms with Crippen molar-refractivity contribution in [3.8, 4) is 0 Å². The van der Waals surface area contributed by atoms with E-state index in [1.807, 2.05) is 0 Å². The Balaban J connectivity index is -0.000000107. The molecule has 8 nitrogen and oxygen atoms in total. The van der Waals surface area contributed by atoms with Gasteiger partial charge >= 0.3 is 105 Å². The fourth-order valence-electron chi connectivity index (χ4n) is 0. The molecule has 0 amide bonds. The normalized spacial score (nSPS) is 10.5. The van der Waals surface area contributed by atoms with Crippen molar-refractivity contribution in [1.82, 2.24) is 0 Å². The zero-order valence-corrected chi connectivity index (χ0v) is 6.79. The Morgan fingerprint density at radius 2 is 0.636 bits per heavy atom. The minimum atomic E-state index is -5.25. The van der Waals surface area contributed by atoms with Crippen LogP contribution in [0.4, 0.5) is 0 Å². The van der Waals surface area contributed by atoms with Gasteiger partial charge in [0.1, 0.15) is 0 Å². The molecule has 0 saturated heterocycles. The molecule has 0 bridgehead atoms. The molecule has 0 aromatic heterocycles. The van der Waals surface area contributed by atoms with Gasteiger partial charge in [0, 0.05) is 0 Å². The average molecular weight is 326 g/mol. The van der Waals surface area contributed by atoms with Gasteiger partial charge in [-0.3, -0.25) is 0 Å². The summed E-state index contributed by atoms with van der Waals surface area (Å²) in [6, 6.07) is 0. The van der Waals surface area contributed by atoms with Gasteiger partial charge in [-0.05, 0) is 0 Å². The summed E-state index contributed by atoms with van der Waals surface area (Å²) in [6.07, 6.45) is 0. The van der Waals surface area contributed by atoms with E-state index in [1.54, 1.807) is 0 Å². The number of hydrogen-bond acceptors (Lipinski definition) is 4. The van der Waals surface area contributed by atoms with Crippen molar-refractivity contribution in [2.75, 3.05) is 0 Å². The van der Waals surface area contributed by atoms with Crippen molar-refractivity contribution < 1.29 is 59.1 Å². The van der Waals surface area contributed by atoms with Crippen LogP contribution < -0.4 is 0 Å². The maximum absolute atomic E-state index is 8.82. The van der Waals surface area contributed by atoms with Gasteiger partial charge in [0.25, 0.3) is 0 Å². The molecule has 0 aliphatic carbocycles. The van der Waals surface area contributed by atoms with E-state index in [9.17, 15) is 0 Å².